The number of hydrogen-bond donors (Lipinski definition) is 0. The SMILES string of the molecule is CCc1ccc2cnc3c(c(C)nn3-c3ccccc3)c2n1. The van der Waals surface area contributed by atoms with Gasteiger partial charge in [0.1, 0.15) is 0 Å². The van der Waals surface area contributed by atoms with Crippen molar-refractivity contribution in [2.45, 2.75) is 20.3 Å². The van der Waals surface area contributed by atoms with Crippen LogP contribution in [0.5, 0.6) is 0 Å². The zero-order chi connectivity index (χ0) is 15.1. The number of aryl methyl sites for hydroxylation is 2. The first-order valence-electron chi connectivity index (χ1n) is 7.47. The summed E-state index contributed by atoms with van der Waals surface area (Å²) in [6, 6.07) is 14.2. The minimum absolute atomic E-state index is 0.858. The summed E-state index contributed by atoms with van der Waals surface area (Å²) in [5.74, 6) is 0. The van der Waals surface area contributed by atoms with Crippen molar-refractivity contribution in [3.05, 3.63) is 60.0 Å². The van der Waals surface area contributed by atoms with Gasteiger partial charge in [-0.3, -0.25) is 4.98 Å². The molecule has 22 heavy (non-hydrogen) atoms. The lowest BCUT2D eigenvalue weighted by Crippen LogP contribution is -1.97. The van der Waals surface area contributed by atoms with Crippen molar-refractivity contribution in [2.75, 3.05) is 0 Å². The summed E-state index contributed by atoms with van der Waals surface area (Å²) < 4.78 is 1.89. The van der Waals surface area contributed by atoms with E-state index in [1.807, 2.05) is 48.1 Å². The van der Waals surface area contributed by atoms with Gasteiger partial charge in [-0.25, -0.2) is 9.67 Å². The molecule has 0 bridgehead atoms. The van der Waals surface area contributed by atoms with E-state index in [2.05, 4.69) is 29.1 Å². The van der Waals surface area contributed by atoms with Gasteiger partial charge in [-0.15, -0.1) is 0 Å². The van der Waals surface area contributed by atoms with Crippen LogP contribution in [0.25, 0.3) is 27.6 Å². The molecule has 0 radical (unpaired) electrons. The molecular weight excluding hydrogens is 272 g/mol. The third kappa shape index (κ3) is 1.88. The molecule has 4 heteroatoms. The maximum Gasteiger partial charge on any atom is 0.165 e. The van der Waals surface area contributed by atoms with Gasteiger partial charge in [-0.05, 0) is 37.6 Å². The Morgan fingerprint density at radius 1 is 1.05 bits per heavy atom. The number of fused-ring (bicyclic) bond motifs is 3. The lowest BCUT2D eigenvalue weighted by molar-refractivity contribution is 0.878. The van der Waals surface area contributed by atoms with Crippen molar-refractivity contribution in [1.82, 2.24) is 19.7 Å². The van der Waals surface area contributed by atoms with Crippen molar-refractivity contribution in [3.63, 3.8) is 0 Å². The van der Waals surface area contributed by atoms with Crippen LogP contribution in [-0.2, 0) is 6.42 Å². The van der Waals surface area contributed by atoms with Gasteiger partial charge in [-0.1, -0.05) is 25.1 Å². The Labute approximate surface area is 128 Å². The minimum atomic E-state index is 0.858. The molecule has 4 nitrogen and oxygen atoms in total. The normalized spacial score (nSPS) is 11.4. The second-order valence-electron chi connectivity index (χ2n) is 5.38. The second kappa shape index (κ2) is 4.91. The molecule has 1 aromatic carbocycles. The predicted octanol–water partition coefficient (Wildman–Crippen LogP) is 3.84. The van der Waals surface area contributed by atoms with Gasteiger partial charge in [0, 0.05) is 17.3 Å². The molecule has 0 amide bonds. The molecular formula is C18H16N4. The van der Waals surface area contributed by atoms with Gasteiger partial charge in [0.25, 0.3) is 0 Å². The average Bonchev–Trinajstić information content (AvgIpc) is 2.92. The standard InChI is InChI=1S/C18H16N4/c1-3-14-10-9-13-11-19-18-16(17(13)20-14)12(2)21-22(18)15-7-5-4-6-8-15/h4-11H,3H2,1-2H3. The Kier molecular flexibility index (Phi) is 2.89. The number of para-hydroxylation sites is 1. The van der Waals surface area contributed by atoms with Gasteiger partial charge in [0.15, 0.2) is 5.65 Å². The minimum Gasteiger partial charge on any atom is -0.252 e. The molecule has 0 saturated carbocycles. The van der Waals surface area contributed by atoms with Crippen LogP contribution in [0.1, 0.15) is 18.3 Å². The maximum absolute atomic E-state index is 4.80. The van der Waals surface area contributed by atoms with Crippen LogP contribution >= 0.6 is 0 Å². The summed E-state index contributed by atoms with van der Waals surface area (Å²) in [6.45, 7) is 4.13. The van der Waals surface area contributed by atoms with Crippen molar-refractivity contribution < 1.29 is 0 Å². The average molecular weight is 288 g/mol. The Balaban J connectivity index is 2.09. The monoisotopic (exact) mass is 288 g/mol. The summed E-state index contributed by atoms with van der Waals surface area (Å²) in [6.07, 6.45) is 2.80. The number of benzene rings is 1. The molecule has 0 saturated heterocycles. The largest absolute Gasteiger partial charge is 0.252 e. The van der Waals surface area contributed by atoms with Crippen molar-refractivity contribution >= 4 is 21.9 Å². The van der Waals surface area contributed by atoms with Crippen molar-refractivity contribution in [1.29, 1.82) is 0 Å². The van der Waals surface area contributed by atoms with E-state index in [9.17, 15) is 0 Å². The molecule has 0 fully saturated rings. The number of hydrogen-bond acceptors (Lipinski definition) is 3. The van der Waals surface area contributed by atoms with E-state index in [4.69, 9.17) is 4.98 Å². The maximum atomic E-state index is 4.80. The molecule has 0 aliphatic heterocycles. The molecule has 0 N–H and O–H groups in total. The summed E-state index contributed by atoms with van der Waals surface area (Å²) in [5, 5.41) is 6.77. The topological polar surface area (TPSA) is 43.6 Å². The van der Waals surface area contributed by atoms with Gasteiger partial charge in [-0.2, -0.15) is 5.10 Å². The number of aromatic nitrogens is 4. The van der Waals surface area contributed by atoms with E-state index in [-0.39, 0.29) is 0 Å². The van der Waals surface area contributed by atoms with E-state index in [1.54, 1.807) is 0 Å². The first-order valence-corrected chi connectivity index (χ1v) is 7.47. The van der Waals surface area contributed by atoms with Gasteiger partial charge in [0.2, 0.25) is 0 Å². The number of nitrogens with zero attached hydrogens (tertiary/aromatic N) is 4. The highest BCUT2D eigenvalue weighted by Crippen LogP contribution is 2.27. The van der Waals surface area contributed by atoms with E-state index in [0.717, 1.165) is 45.4 Å². The van der Waals surface area contributed by atoms with E-state index in [1.165, 1.54) is 0 Å². The molecule has 0 atom stereocenters. The summed E-state index contributed by atoms with van der Waals surface area (Å²) in [4.78, 5) is 9.42. The molecule has 4 rings (SSSR count). The molecule has 0 aliphatic rings. The van der Waals surface area contributed by atoms with Crippen LogP contribution in [0.4, 0.5) is 0 Å². The highest BCUT2D eigenvalue weighted by atomic mass is 15.3. The predicted molar refractivity (Wildman–Crippen MR) is 88.3 cm³/mol. The van der Waals surface area contributed by atoms with E-state index in [0.29, 0.717) is 0 Å². The van der Waals surface area contributed by atoms with Gasteiger partial charge in [0.05, 0.1) is 22.3 Å². The highest BCUT2D eigenvalue weighted by molar-refractivity contribution is 6.03. The molecule has 3 heterocycles. The van der Waals surface area contributed by atoms with Crippen LogP contribution in [0.2, 0.25) is 0 Å². The summed E-state index contributed by atoms with van der Waals surface area (Å²) in [5.41, 5.74) is 4.91. The number of pyridine rings is 2. The van der Waals surface area contributed by atoms with Crippen LogP contribution in [0.15, 0.2) is 48.7 Å². The lowest BCUT2D eigenvalue weighted by atomic mass is 10.1. The zero-order valence-electron chi connectivity index (χ0n) is 12.6. The van der Waals surface area contributed by atoms with Gasteiger partial charge < -0.3 is 0 Å². The fourth-order valence-electron chi connectivity index (χ4n) is 2.80. The summed E-state index contributed by atoms with van der Waals surface area (Å²) in [7, 11) is 0. The second-order valence-corrected chi connectivity index (χ2v) is 5.38. The van der Waals surface area contributed by atoms with Gasteiger partial charge >= 0.3 is 0 Å². The van der Waals surface area contributed by atoms with E-state index < -0.39 is 0 Å². The molecule has 4 aromatic rings. The Morgan fingerprint density at radius 2 is 1.86 bits per heavy atom. The summed E-state index contributed by atoms with van der Waals surface area (Å²) >= 11 is 0. The lowest BCUT2D eigenvalue weighted by Gasteiger charge is -2.04. The molecule has 0 spiro atoms. The van der Waals surface area contributed by atoms with Crippen LogP contribution in [-0.4, -0.2) is 19.7 Å². The van der Waals surface area contributed by atoms with E-state index >= 15 is 0 Å². The zero-order valence-corrected chi connectivity index (χ0v) is 12.6. The Bertz CT molecular complexity index is 971. The number of rotatable bonds is 2. The fraction of sp³-hybridized carbons (Fsp3) is 0.167. The third-order valence-electron chi connectivity index (χ3n) is 3.95. The van der Waals surface area contributed by atoms with Crippen LogP contribution in [0, 0.1) is 6.92 Å². The molecule has 3 aromatic heterocycles. The first-order chi connectivity index (χ1) is 10.8. The highest BCUT2D eigenvalue weighted by Gasteiger charge is 2.14. The van der Waals surface area contributed by atoms with Crippen molar-refractivity contribution in [3.8, 4) is 5.69 Å². The third-order valence-corrected chi connectivity index (χ3v) is 3.95. The first kappa shape index (κ1) is 13.0. The smallest absolute Gasteiger partial charge is 0.165 e. The Morgan fingerprint density at radius 3 is 2.64 bits per heavy atom. The molecule has 0 unspecified atom stereocenters. The quantitative estimate of drug-likeness (QED) is 0.563. The fourth-order valence-corrected chi connectivity index (χ4v) is 2.80. The Hall–Kier alpha value is -2.75. The van der Waals surface area contributed by atoms with Crippen LogP contribution in [0.3, 0.4) is 0 Å². The molecule has 0 aliphatic carbocycles. The van der Waals surface area contributed by atoms with Crippen LogP contribution < -0.4 is 0 Å². The van der Waals surface area contributed by atoms with Crippen molar-refractivity contribution in [2.24, 2.45) is 0 Å². The molecule has 108 valence electrons.